The maximum absolute atomic E-state index is 4.49. The van der Waals surface area contributed by atoms with Gasteiger partial charge in [-0.15, -0.1) is 0 Å². The van der Waals surface area contributed by atoms with E-state index in [1.54, 1.807) is 0 Å². The van der Waals surface area contributed by atoms with Crippen molar-refractivity contribution >= 4 is 6.21 Å². The minimum absolute atomic E-state index is 0.511. The smallest absolute Gasteiger partial charge is 0.0554 e. The van der Waals surface area contributed by atoms with Gasteiger partial charge < -0.3 is 5.32 Å². The largest absolute Gasteiger partial charge is 0.388 e. The Labute approximate surface area is 149 Å². The van der Waals surface area contributed by atoms with Crippen molar-refractivity contribution in [2.75, 3.05) is 0 Å². The number of hydrogen-bond donors (Lipinski definition) is 1. The molecule has 1 aliphatic carbocycles. The van der Waals surface area contributed by atoms with Crippen molar-refractivity contribution in [3.8, 4) is 0 Å². The fourth-order valence-electron chi connectivity index (χ4n) is 3.06. The highest BCUT2D eigenvalue weighted by atomic mass is 14.9. The fourth-order valence-corrected chi connectivity index (χ4v) is 3.06. The molecule has 0 aromatic heterocycles. The lowest BCUT2D eigenvalue weighted by atomic mass is 9.68. The van der Waals surface area contributed by atoms with Crippen LogP contribution in [-0.2, 0) is 0 Å². The maximum Gasteiger partial charge on any atom is 0.0554 e. The third-order valence-corrected chi connectivity index (χ3v) is 4.14. The monoisotopic (exact) mass is 328 g/mol. The van der Waals surface area contributed by atoms with Crippen LogP contribution < -0.4 is 5.32 Å². The molecule has 2 heteroatoms. The van der Waals surface area contributed by atoms with Crippen molar-refractivity contribution < 1.29 is 0 Å². The van der Waals surface area contributed by atoms with Crippen molar-refractivity contribution in [3.63, 3.8) is 0 Å². The number of nitrogens with one attached hydrogen (secondary N) is 1. The second kappa shape index (κ2) is 9.66. The quantitative estimate of drug-likeness (QED) is 0.396. The number of aliphatic imine (C=N–C) groups is 1. The van der Waals surface area contributed by atoms with Crippen LogP contribution in [0.3, 0.4) is 0 Å². The second-order valence-electron chi connectivity index (χ2n) is 8.20. The maximum atomic E-state index is 4.49. The van der Waals surface area contributed by atoms with Gasteiger partial charge in [0.05, 0.1) is 5.70 Å². The molecule has 0 amide bonds. The summed E-state index contributed by atoms with van der Waals surface area (Å²) < 4.78 is 0. The predicted molar refractivity (Wildman–Crippen MR) is 108 cm³/mol. The molecule has 0 heterocycles. The third kappa shape index (κ3) is 8.33. The van der Waals surface area contributed by atoms with Crippen LogP contribution in [0.1, 0.15) is 67.2 Å². The first-order valence-electron chi connectivity index (χ1n) is 9.24. The van der Waals surface area contributed by atoms with E-state index in [2.05, 4.69) is 76.8 Å². The summed E-state index contributed by atoms with van der Waals surface area (Å²) in [7, 11) is 0. The SMILES string of the molecule is C=C(/C=C\CC)\N=C/C(=C\C(C)=C\NC1CC(C)(C)C1)CC(C)C. The number of rotatable bonds is 9. The highest BCUT2D eigenvalue weighted by Gasteiger charge is 2.35. The molecule has 1 rings (SSSR count). The molecule has 0 unspecified atom stereocenters. The molecule has 0 bridgehead atoms. The van der Waals surface area contributed by atoms with Crippen LogP contribution in [-0.4, -0.2) is 12.3 Å². The van der Waals surface area contributed by atoms with Gasteiger partial charge in [-0.25, -0.2) is 0 Å². The first-order valence-corrected chi connectivity index (χ1v) is 9.24. The third-order valence-electron chi connectivity index (χ3n) is 4.14. The highest BCUT2D eigenvalue weighted by molar-refractivity contribution is 5.80. The average Bonchev–Trinajstić information content (AvgIpc) is 2.45. The van der Waals surface area contributed by atoms with Crippen molar-refractivity contribution in [1.82, 2.24) is 5.32 Å². The Bertz CT molecular complexity index is 522. The number of nitrogens with zero attached hydrogens (tertiary/aromatic N) is 1. The van der Waals surface area contributed by atoms with Crippen LogP contribution in [0, 0.1) is 11.3 Å². The molecule has 1 N–H and O–H groups in total. The predicted octanol–water partition coefficient (Wildman–Crippen LogP) is 6.19. The van der Waals surface area contributed by atoms with E-state index < -0.39 is 0 Å². The van der Waals surface area contributed by atoms with Crippen LogP contribution in [0.5, 0.6) is 0 Å². The lowest BCUT2D eigenvalue weighted by molar-refractivity contribution is 0.137. The summed E-state index contributed by atoms with van der Waals surface area (Å²) in [6, 6.07) is 0.629. The Kier molecular flexibility index (Phi) is 8.24. The van der Waals surface area contributed by atoms with Gasteiger partial charge >= 0.3 is 0 Å². The molecule has 0 saturated heterocycles. The molecule has 0 aromatic carbocycles. The molecule has 1 saturated carbocycles. The standard InChI is InChI=1S/C22H36N2/c1-8-9-10-19(5)23-16-20(11-17(2)3)12-18(4)15-24-21-13-22(6,7)14-21/h9-10,12,15-17,21,24H,5,8,11,13-14H2,1-4,6-7H3/b10-9-,18-15+,20-12-,23-16-. The van der Waals surface area contributed by atoms with Crippen LogP contribution >= 0.6 is 0 Å². The van der Waals surface area contributed by atoms with Crippen LogP contribution in [0.2, 0.25) is 0 Å². The number of allylic oxidation sites excluding steroid dienone is 5. The van der Waals surface area contributed by atoms with Crippen molar-refractivity contribution in [2.45, 2.75) is 73.3 Å². The Hall–Kier alpha value is -1.57. The Morgan fingerprint density at radius 1 is 1.33 bits per heavy atom. The molecule has 0 radical (unpaired) electrons. The normalized spacial score (nSPS) is 19.3. The summed E-state index contributed by atoms with van der Waals surface area (Å²) in [6.07, 6.45) is 15.0. The van der Waals surface area contributed by atoms with Gasteiger partial charge in [-0.05, 0) is 67.4 Å². The van der Waals surface area contributed by atoms with Crippen LogP contribution in [0.4, 0.5) is 0 Å². The molecule has 1 fully saturated rings. The number of hydrogen-bond acceptors (Lipinski definition) is 2. The summed E-state index contributed by atoms with van der Waals surface area (Å²) in [5.41, 5.74) is 3.82. The molecular weight excluding hydrogens is 292 g/mol. The summed E-state index contributed by atoms with van der Waals surface area (Å²) in [6.45, 7) is 17.4. The van der Waals surface area contributed by atoms with Gasteiger partial charge in [0, 0.05) is 12.3 Å². The van der Waals surface area contributed by atoms with Crippen molar-refractivity contribution in [3.05, 3.63) is 47.9 Å². The minimum atomic E-state index is 0.511. The van der Waals surface area contributed by atoms with Gasteiger partial charge in [0.2, 0.25) is 0 Å². The van der Waals surface area contributed by atoms with E-state index in [4.69, 9.17) is 0 Å². The molecule has 0 aliphatic heterocycles. The molecule has 1 aliphatic rings. The van der Waals surface area contributed by atoms with Gasteiger partial charge in [-0.1, -0.05) is 53.3 Å². The molecule has 134 valence electrons. The molecule has 2 nitrogen and oxygen atoms in total. The average molecular weight is 329 g/mol. The Morgan fingerprint density at radius 3 is 2.54 bits per heavy atom. The zero-order valence-corrected chi connectivity index (χ0v) is 16.5. The molecule has 24 heavy (non-hydrogen) atoms. The van der Waals surface area contributed by atoms with E-state index in [0.717, 1.165) is 18.5 Å². The summed E-state index contributed by atoms with van der Waals surface area (Å²) in [4.78, 5) is 4.49. The molecule has 0 spiro atoms. The van der Waals surface area contributed by atoms with E-state index in [1.807, 2.05) is 12.3 Å². The first kappa shape index (κ1) is 20.5. The molecule has 0 atom stereocenters. The highest BCUT2D eigenvalue weighted by Crippen LogP contribution is 2.39. The van der Waals surface area contributed by atoms with Crippen LogP contribution in [0.15, 0.2) is 52.8 Å². The van der Waals surface area contributed by atoms with Gasteiger partial charge in [-0.3, -0.25) is 4.99 Å². The van der Waals surface area contributed by atoms with E-state index in [9.17, 15) is 0 Å². The van der Waals surface area contributed by atoms with E-state index in [1.165, 1.54) is 24.0 Å². The Morgan fingerprint density at radius 2 is 2.00 bits per heavy atom. The van der Waals surface area contributed by atoms with E-state index in [0.29, 0.717) is 17.4 Å². The topological polar surface area (TPSA) is 24.4 Å². The molecule has 0 aromatic rings. The van der Waals surface area contributed by atoms with Gasteiger partial charge in [0.25, 0.3) is 0 Å². The second-order valence-corrected chi connectivity index (χ2v) is 8.20. The molecular formula is C22H36N2. The zero-order valence-electron chi connectivity index (χ0n) is 16.5. The van der Waals surface area contributed by atoms with Gasteiger partial charge in [0.1, 0.15) is 0 Å². The van der Waals surface area contributed by atoms with Crippen LogP contribution in [0.25, 0.3) is 0 Å². The van der Waals surface area contributed by atoms with E-state index >= 15 is 0 Å². The Balaban J connectivity index is 2.67. The lowest BCUT2D eigenvalue weighted by Gasteiger charge is -2.42. The minimum Gasteiger partial charge on any atom is -0.388 e. The zero-order chi connectivity index (χ0) is 18.2. The summed E-state index contributed by atoms with van der Waals surface area (Å²) in [5, 5.41) is 3.55. The first-order chi connectivity index (χ1) is 11.2. The van der Waals surface area contributed by atoms with Gasteiger partial charge in [-0.2, -0.15) is 0 Å². The van der Waals surface area contributed by atoms with Gasteiger partial charge in [0.15, 0.2) is 0 Å². The summed E-state index contributed by atoms with van der Waals surface area (Å²) >= 11 is 0. The summed E-state index contributed by atoms with van der Waals surface area (Å²) in [5.74, 6) is 0.607. The fraction of sp³-hybridized carbons (Fsp3) is 0.591. The van der Waals surface area contributed by atoms with Crippen molar-refractivity contribution in [1.29, 1.82) is 0 Å². The van der Waals surface area contributed by atoms with E-state index in [-0.39, 0.29) is 0 Å². The lowest BCUT2D eigenvalue weighted by Crippen LogP contribution is -2.43. The van der Waals surface area contributed by atoms with Crippen molar-refractivity contribution in [2.24, 2.45) is 16.3 Å².